The maximum Gasteiger partial charge on any atom is 0.319 e. The molecular weight excluding hydrogens is 402 g/mol. The molecule has 1 aliphatic heterocycles. The SMILES string of the molecule is COc1ccc(C23CCC(NC(=O)Nc4c(C)cccc4C)CC2N(C)CC3)cc1OC. The minimum atomic E-state index is -0.119. The summed E-state index contributed by atoms with van der Waals surface area (Å²) in [5.74, 6) is 1.54. The highest BCUT2D eigenvalue weighted by Crippen LogP contribution is 2.49. The summed E-state index contributed by atoms with van der Waals surface area (Å²) in [5.41, 5.74) is 4.44. The number of methoxy groups -OCH3 is 2. The molecule has 0 spiro atoms. The number of carbonyl (C=O) groups excluding carboxylic acids is 1. The van der Waals surface area contributed by atoms with E-state index in [1.807, 2.05) is 38.1 Å². The van der Waals surface area contributed by atoms with E-state index in [0.29, 0.717) is 6.04 Å². The van der Waals surface area contributed by atoms with Gasteiger partial charge in [0.15, 0.2) is 11.5 Å². The number of amides is 2. The second-order valence-corrected chi connectivity index (χ2v) is 9.31. The van der Waals surface area contributed by atoms with Gasteiger partial charge in [0, 0.05) is 23.2 Å². The summed E-state index contributed by atoms with van der Waals surface area (Å²) in [5, 5.41) is 6.31. The quantitative estimate of drug-likeness (QED) is 0.716. The molecule has 6 nitrogen and oxygen atoms in total. The third kappa shape index (κ3) is 4.04. The fraction of sp³-hybridized carbons (Fsp3) is 0.500. The molecule has 3 atom stereocenters. The van der Waals surface area contributed by atoms with Gasteiger partial charge in [-0.2, -0.15) is 0 Å². The van der Waals surface area contributed by atoms with Crippen LogP contribution in [0.1, 0.15) is 42.4 Å². The third-order valence-electron chi connectivity index (χ3n) is 7.54. The Bertz CT molecular complexity index is 972. The molecule has 2 aromatic carbocycles. The predicted molar refractivity (Wildman–Crippen MR) is 128 cm³/mol. The lowest BCUT2D eigenvalue weighted by molar-refractivity contribution is 0.156. The lowest BCUT2D eigenvalue weighted by atomic mass is 9.65. The average Bonchev–Trinajstić information content (AvgIpc) is 3.13. The molecule has 2 N–H and O–H groups in total. The number of rotatable bonds is 5. The van der Waals surface area contributed by atoms with Crippen LogP contribution >= 0.6 is 0 Å². The molecule has 0 bridgehead atoms. The van der Waals surface area contributed by atoms with Gasteiger partial charge >= 0.3 is 6.03 Å². The van der Waals surface area contributed by atoms with Crippen LogP contribution in [-0.2, 0) is 5.41 Å². The lowest BCUT2D eigenvalue weighted by Gasteiger charge is -2.45. The second kappa shape index (κ2) is 9.02. The van der Waals surface area contributed by atoms with Crippen molar-refractivity contribution in [2.75, 3.05) is 33.1 Å². The van der Waals surface area contributed by atoms with Crippen molar-refractivity contribution in [3.8, 4) is 11.5 Å². The standard InChI is InChI=1S/C26H35N3O3/c1-17-7-6-8-18(2)24(17)28-25(30)27-20-11-12-26(13-14-29(3)23(26)16-20)19-9-10-21(31-4)22(15-19)32-5/h6-10,15,20,23H,11-14,16H2,1-5H3,(H2,27,28,30). The van der Waals surface area contributed by atoms with Crippen LogP contribution in [0.5, 0.6) is 11.5 Å². The first-order valence-electron chi connectivity index (χ1n) is 11.4. The topological polar surface area (TPSA) is 62.8 Å². The third-order valence-corrected chi connectivity index (χ3v) is 7.54. The molecule has 1 saturated heterocycles. The number of nitrogens with one attached hydrogen (secondary N) is 2. The van der Waals surface area contributed by atoms with Crippen LogP contribution in [0, 0.1) is 13.8 Å². The fourth-order valence-electron chi connectivity index (χ4n) is 5.74. The Kier molecular flexibility index (Phi) is 6.33. The number of fused-ring (bicyclic) bond motifs is 1. The second-order valence-electron chi connectivity index (χ2n) is 9.31. The van der Waals surface area contributed by atoms with Gasteiger partial charge in [-0.3, -0.25) is 0 Å². The van der Waals surface area contributed by atoms with Crippen molar-refractivity contribution >= 4 is 11.7 Å². The van der Waals surface area contributed by atoms with Crippen LogP contribution in [0.15, 0.2) is 36.4 Å². The summed E-state index contributed by atoms with van der Waals surface area (Å²) in [6.45, 7) is 5.10. The van der Waals surface area contributed by atoms with Crippen molar-refractivity contribution < 1.29 is 14.3 Å². The Balaban J connectivity index is 1.50. The lowest BCUT2D eigenvalue weighted by Crippen LogP contribution is -2.52. The Morgan fingerprint density at radius 2 is 1.78 bits per heavy atom. The van der Waals surface area contributed by atoms with Gasteiger partial charge < -0.3 is 25.0 Å². The predicted octanol–water partition coefficient (Wildman–Crippen LogP) is 4.64. The van der Waals surface area contributed by atoms with Crippen LogP contribution in [0.2, 0.25) is 0 Å². The Hall–Kier alpha value is -2.73. The minimum Gasteiger partial charge on any atom is -0.493 e. The molecule has 1 heterocycles. The molecule has 1 saturated carbocycles. The van der Waals surface area contributed by atoms with E-state index in [1.54, 1.807) is 14.2 Å². The average molecular weight is 438 g/mol. The van der Waals surface area contributed by atoms with Gasteiger partial charge in [-0.05, 0) is 81.9 Å². The van der Waals surface area contributed by atoms with Gasteiger partial charge in [-0.25, -0.2) is 4.79 Å². The molecule has 6 heteroatoms. The van der Waals surface area contributed by atoms with Gasteiger partial charge in [0.05, 0.1) is 14.2 Å². The maximum absolute atomic E-state index is 12.8. The Morgan fingerprint density at radius 3 is 2.47 bits per heavy atom. The highest BCUT2D eigenvalue weighted by molar-refractivity contribution is 5.91. The maximum atomic E-state index is 12.8. The Morgan fingerprint density at radius 1 is 1.06 bits per heavy atom. The van der Waals surface area contributed by atoms with E-state index in [2.05, 4.69) is 34.7 Å². The van der Waals surface area contributed by atoms with Crippen LogP contribution in [-0.4, -0.2) is 50.8 Å². The molecule has 3 unspecified atom stereocenters. The van der Waals surface area contributed by atoms with Crippen molar-refractivity contribution in [2.24, 2.45) is 0 Å². The highest BCUT2D eigenvalue weighted by Gasteiger charge is 2.50. The first-order chi connectivity index (χ1) is 15.4. The molecule has 2 fully saturated rings. The van der Waals surface area contributed by atoms with E-state index in [4.69, 9.17) is 9.47 Å². The van der Waals surface area contributed by atoms with Gasteiger partial charge in [-0.1, -0.05) is 24.3 Å². The molecule has 4 rings (SSSR count). The largest absolute Gasteiger partial charge is 0.493 e. The van der Waals surface area contributed by atoms with Gasteiger partial charge in [0.1, 0.15) is 0 Å². The number of likely N-dealkylation sites (N-methyl/N-ethyl adjacent to an activating group) is 1. The number of para-hydroxylation sites is 1. The summed E-state index contributed by atoms with van der Waals surface area (Å²) in [6.07, 6.45) is 4.04. The zero-order chi connectivity index (χ0) is 22.9. The monoisotopic (exact) mass is 437 g/mol. The number of nitrogens with zero attached hydrogens (tertiary/aromatic N) is 1. The number of anilines is 1. The molecule has 0 aromatic heterocycles. The smallest absolute Gasteiger partial charge is 0.319 e. The number of carbonyl (C=O) groups is 1. The van der Waals surface area contributed by atoms with E-state index < -0.39 is 0 Å². The molecule has 2 aromatic rings. The van der Waals surface area contributed by atoms with E-state index >= 15 is 0 Å². The minimum absolute atomic E-state index is 0.0789. The van der Waals surface area contributed by atoms with Gasteiger partial charge in [-0.15, -0.1) is 0 Å². The number of aryl methyl sites for hydroxylation is 2. The highest BCUT2D eigenvalue weighted by atomic mass is 16.5. The summed E-state index contributed by atoms with van der Waals surface area (Å²) >= 11 is 0. The van der Waals surface area contributed by atoms with Crippen LogP contribution in [0.4, 0.5) is 10.5 Å². The summed E-state index contributed by atoms with van der Waals surface area (Å²) in [4.78, 5) is 15.2. The van der Waals surface area contributed by atoms with Crippen molar-refractivity contribution in [1.82, 2.24) is 10.2 Å². The molecular formula is C26H35N3O3. The number of hydrogen-bond donors (Lipinski definition) is 2. The first-order valence-corrected chi connectivity index (χ1v) is 11.4. The van der Waals surface area contributed by atoms with Crippen LogP contribution in [0.25, 0.3) is 0 Å². The molecule has 1 aliphatic carbocycles. The summed E-state index contributed by atoms with van der Waals surface area (Å²) < 4.78 is 11.0. The molecule has 2 aliphatic rings. The van der Waals surface area contributed by atoms with Crippen molar-refractivity contribution in [2.45, 2.75) is 57.0 Å². The molecule has 172 valence electrons. The molecule has 2 amide bonds. The fourth-order valence-corrected chi connectivity index (χ4v) is 5.74. The van der Waals surface area contributed by atoms with E-state index in [-0.39, 0.29) is 17.5 Å². The summed E-state index contributed by atoms with van der Waals surface area (Å²) in [7, 11) is 5.56. The van der Waals surface area contributed by atoms with E-state index in [0.717, 1.165) is 60.5 Å². The number of benzene rings is 2. The first kappa shape index (κ1) is 22.5. The normalized spacial score (nSPS) is 25.2. The van der Waals surface area contributed by atoms with E-state index in [9.17, 15) is 4.79 Å². The van der Waals surface area contributed by atoms with Crippen molar-refractivity contribution in [3.63, 3.8) is 0 Å². The van der Waals surface area contributed by atoms with Crippen molar-refractivity contribution in [3.05, 3.63) is 53.1 Å². The van der Waals surface area contributed by atoms with Gasteiger partial charge in [0.2, 0.25) is 0 Å². The summed E-state index contributed by atoms with van der Waals surface area (Å²) in [6, 6.07) is 12.8. The molecule has 0 radical (unpaired) electrons. The number of likely N-dealkylation sites (tertiary alicyclic amines) is 1. The van der Waals surface area contributed by atoms with Crippen LogP contribution < -0.4 is 20.1 Å². The zero-order valence-electron chi connectivity index (χ0n) is 19.8. The van der Waals surface area contributed by atoms with Gasteiger partial charge in [0.25, 0.3) is 0 Å². The number of ether oxygens (including phenoxy) is 2. The Labute approximate surface area is 191 Å². The van der Waals surface area contributed by atoms with Crippen LogP contribution in [0.3, 0.4) is 0 Å². The van der Waals surface area contributed by atoms with Crippen molar-refractivity contribution in [1.29, 1.82) is 0 Å². The van der Waals surface area contributed by atoms with E-state index in [1.165, 1.54) is 5.56 Å². The molecule has 32 heavy (non-hydrogen) atoms. The number of urea groups is 1. The zero-order valence-corrected chi connectivity index (χ0v) is 19.8. The number of hydrogen-bond acceptors (Lipinski definition) is 4.